The van der Waals surface area contributed by atoms with Gasteiger partial charge in [-0.25, -0.2) is 0 Å². The van der Waals surface area contributed by atoms with Crippen molar-refractivity contribution in [2.24, 2.45) is 0 Å². The molecule has 0 aromatic heterocycles. The van der Waals surface area contributed by atoms with Crippen LogP contribution in [0.5, 0.6) is 23.0 Å². The van der Waals surface area contributed by atoms with Crippen LogP contribution in [0, 0.1) is 0 Å². The van der Waals surface area contributed by atoms with Gasteiger partial charge in [-0.2, -0.15) is 0 Å². The first-order valence-electron chi connectivity index (χ1n) is 7.41. The van der Waals surface area contributed by atoms with E-state index in [1.807, 2.05) is 18.2 Å². The Balaban J connectivity index is 2.13. The number of nitrogens with one attached hydrogen (secondary N) is 1. The Labute approximate surface area is 141 Å². The minimum absolute atomic E-state index is 0.284. The van der Waals surface area contributed by atoms with Gasteiger partial charge in [0.05, 0.1) is 21.3 Å². The Morgan fingerprint density at radius 3 is 2.04 bits per heavy atom. The highest BCUT2D eigenvalue weighted by molar-refractivity contribution is 5.94. The van der Waals surface area contributed by atoms with Gasteiger partial charge in [-0.15, -0.1) is 0 Å². The summed E-state index contributed by atoms with van der Waals surface area (Å²) < 4.78 is 21.4. The topological polar surface area (TPSA) is 66.0 Å². The Kier molecular flexibility index (Phi) is 5.89. The van der Waals surface area contributed by atoms with Gasteiger partial charge in [0, 0.05) is 17.8 Å². The van der Waals surface area contributed by atoms with E-state index in [-0.39, 0.29) is 5.91 Å². The van der Waals surface area contributed by atoms with E-state index in [1.54, 1.807) is 31.2 Å². The Morgan fingerprint density at radius 2 is 1.54 bits per heavy atom. The summed E-state index contributed by atoms with van der Waals surface area (Å²) in [6.45, 7) is 1.68. The quantitative estimate of drug-likeness (QED) is 0.844. The van der Waals surface area contributed by atoms with Crippen molar-refractivity contribution in [2.45, 2.75) is 13.0 Å². The fraction of sp³-hybridized carbons (Fsp3) is 0.278. The number of carbonyl (C=O) groups excluding carboxylic acids is 1. The normalized spacial score (nSPS) is 11.3. The summed E-state index contributed by atoms with van der Waals surface area (Å²) >= 11 is 0. The molecule has 24 heavy (non-hydrogen) atoms. The molecule has 6 heteroatoms. The van der Waals surface area contributed by atoms with Crippen LogP contribution in [0.1, 0.15) is 6.92 Å². The van der Waals surface area contributed by atoms with Gasteiger partial charge in [0.25, 0.3) is 5.91 Å². The summed E-state index contributed by atoms with van der Waals surface area (Å²) in [6.07, 6.45) is -0.661. The van der Waals surface area contributed by atoms with Crippen LogP contribution in [0.15, 0.2) is 42.5 Å². The second-order valence-electron chi connectivity index (χ2n) is 4.98. The van der Waals surface area contributed by atoms with Gasteiger partial charge in [0.2, 0.25) is 5.75 Å². The molecule has 0 spiro atoms. The molecular weight excluding hydrogens is 310 g/mol. The number of amides is 1. The molecule has 0 unspecified atom stereocenters. The number of carbonyl (C=O) groups is 1. The van der Waals surface area contributed by atoms with Gasteiger partial charge in [-0.05, 0) is 19.1 Å². The van der Waals surface area contributed by atoms with Gasteiger partial charge in [-0.1, -0.05) is 18.2 Å². The number of rotatable bonds is 7. The molecule has 0 aliphatic carbocycles. The lowest BCUT2D eigenvalue weighted by atomic mass is 10.2. The molecule has 0 aliphatic rings. The number of hydrogen-bond donors (Lipinski definition) is 1. The molecule has 0 saturated heterocycles. The lowest BCUT2D eigenvalue weighted by molar-refractivity contribution is -0.122. The molecule has 0 aliphatic heterocycles. The summed E-state index contributed by atoms with van der Waals surface area (Å²) in [4.78, 5) is 12.3. The van der Waals surface area contributed by atoms with E-state index in [1.165, 1.54) is 21.3 Å². The molecule has 6 nitrogen and oxygen atoms in total. The van der Waals surface area contributed by atoms with Gasteiger partial charge < -0.3 is 24.3 Å². The van der Waals surface area contributed by atoms with E-state index in [2.05, 4.69) is 5.32 Å². The number of hydrogen-bond acceptors (Lipinski definition) is 5. The highest BCUT2D eigenvalue weighted by atomic mass is 16.5. The number of ether oxygens (including phenoxy) is 4. The third-order valence-corrected chi connectivity index (χ3v) is 3.36. The molecule has 0 saturated carbocycles. The highest BCUT2D eigenvalue weighted by Crippen LogP contribution is 2.39. The molecule has 0 radical (unpaired) electrons. The summed E-state index contributed by atoms with van der Waals surface area (Å²) in [5.41, 5.74) is 0.526. The molecule has 0 heterocycles. The molecule has 0 fully saturated rings. The summed E-state index contributed by atoms with van der Waals surface area (Å²) in [6, 6.07) is 12.5. The predicted molar refractivity (Wildman–Crippen MR) is 91.3 cm³/mol. The third kappa shape index (κ3) is 4.10. The molecule has 0 bridgehead atoms. The third-order valence-electron chi connectivity index (χ3n) is 3.36. The second-order valence-corrected chi connectivity index (χ2v) is 4.98. The molecule has 1 amide bonds. The summed E-state index contributed by atoms with van der Waals surface area (Å²) in [5, 5.41) is 2.78. The van der Waals surface area contributed by atoms with Crippen LogP contribution < -0.4 is 24.3 Å². The van der Waals surface area contributed by atoms with E-state index in [0.717, 1.165) is 0 Å². The number of benzene rings is 2. The Bertz CT molecular complexity index is 662. The molecule has 2 aromatic carbocycles. The maximum atomic E-state index is 12.3. The average Bonchev–Trinajstić information content (AvgIpc) is 2.61. The van der Waals surface area contributed by atoms with Gasteiger partial charge >= 0.3 is 0 Å². The maximum absolute atomic E-state index is 12.3. The molecule has 2 rings (SSSR count). The average molecular weight is 331 g/mol. The van der Waals surface area contributed by atoms with Crippen molar-refractivity contribution in [3.63, 3.8) is 0 Å². The fourth-order valence-corrected chi connectivity index (χ4v) is 2.15. The number of anilines is 1. The van der Waals surface area contributed by atoms with Crippen LogP contribution in [0.3, 0.4) is 0 Å². The van der Waals surface area contributed by atoms with E-state index in [0.29, 0.717) is 28.7 Å². The maximum Gasteiger partial charge on any atom is 0.265 e. The second kappa shape index (κ2) is 8.10. The lowest BCUT2D eigenvalue weighted by Gasteiger charge is -2.17. The zero-order valence-corrected chi connectivity index (χ0v) is 14.2. The lowest BCUT2D eigenvalue weighted by Crippen LogP contribution is -2.30. The van der Waals surface area contributed by atoms with Crippen molar-refractivity contribution in [3.05, 3.63) is 42.5 Å². The Morgan fingerprint density at radius 1 is 0.958 bits per heavy atom. The SMILES string of the molecule is COc1cc(NC(=O)[C@@H](C)Oc2ccccc2)cc(OC)c1OC. The van der Waals surface area contributed by atoms with Crippen molar-refractivity contribution in [3.8, 4) is 23.0 Å². The predicted octanol–water partition coefficient (Wildman–Crippen LogP) is 3.12. The van der Waals surface area contributed by atoms with Crippen LogP contribution in [0.25, 0.3) is 0 Å². The first-order chi connectivity index (χ1) is 11.6. The van der Waals surface area contributed by atoms with Gasteiger partial charge in [0.15, 0.2) is 17.6 Å². The van der Waals surface area contributed by atoms with Gasteiger partial charge in [-0.3, -0.25) is 4.79 Å². The highest BCUT2D eigenvalue weighted by Gasteiger charge is 2.18. The molecule has 128 valence electrons. The van der Waals surface area contributed by atoms with Crippen LogP contribution in [-0.4, -0.2) is 33.3 Å². The fourth-order valence-electron chi connectivity index (χ4n) is 2.15. The minimum atomic E-state index is -0.661. The van der Waals surface area contributed by atoms with Crippen LogP contribution in [0.4, 0.5) is 5.69 Å². The van der Waals surface area contributed by atoms with Crippen LogP contribution >= 0.6 is 0 Å². The summed E-state index contributed by atoms with van der Waals surface area (Å²) in [5.74, 6) is 1.73. The van der Waals surface area contributed by atoms with Gasteiger partial charge in [0.1, 0.15) is 5.75 Å². The number of para-hydroxylation sites is 1. The molecule has 1 atom stereocenters. The van der Waals surface area contributed by atoms with E-state index >= 15 is 0 Å². The molecule has 2 aromatic rings. The summed E-state index contributed by atoms with van der Waals surface area (Å²) in [7, 11) is 4.56. The number of methoxy groups -OCH3 is 3. The van der Waals surface area contributed by atoms with Crippen molar-refractivity contribution in [1.82, 2.24) is 0 Å². The van der Waals surface area contributed by atoms with Crippen molar-refractivity contribution in [2.75, 3.05) is 26.6 Å². The molecule has 1 N–H and O–H groups in total. The largest absolute Gasteiger partial charge is 0.493 e. The first-order valence-corrected chi connectivity index (χ1v) is 7.41. The smallest absolute Gasteiger partial charge is 0.265 e. The molecular formula is C18H21NO5. The zero-order valence-electron chi connectivity index (χ0n) is 14.2. The van der Waals surface area contributed by atoms with E-state index in [9.17, 15) is 4.79 Å². The monoisotopic (exact) mass is 331 g/mol. The van der Waals surface area contributed by atoms with Crippen LogP contribution in [-0.2, 0) is 4.79 Å². The van der Waals surface area contributed by atoms with Crippen molar-refractivity contribution < 1.29 is 23.7 Å². The Hall–Kier alpha value is -2.89. The van der Waals surface area contributed by atoms with Crippen LogP contribution in [0.2, 0.25) is 0 Å². The van der Waals surface area contributed by atoms with E-state index < -0.39 is 6.10 Å². The standard InChI is InChI=1S/C18H21NO5/c1-12(24-14-8-6-5-7-9-14)18(20)19-13-10-15(21-2)17(23-4)16(11-13)22-3/h5-12H,1-4H3,(H,19,20)/t12-/m1/s1. The first kappa shape index (κ1) is 17.5. The van der Waals surface area contributed by atoms with E-state index in [4.69, 9.17) is 18.9 Å². The van der Waals surface area contributed by atoms with Crippen molar-refractivity contribution >= 4 is 11.6 Å². The van der Waals surface area contributed by atoms with Crippen molar-refractivity contribution in [1.29, 1.82) is 0 Å². The zero-order chi connectivity index (χ0) is 17.5. The minimum Gasteiger partial charge on any atom is -0.493 e.